The molecule has 0 aliphatic heterocycles. The zero-order valence-electron chi connectivity index (χ0n) is 24.0. The van der Waals surface area contributed by atoms with Crippen molar-refractivity contribution >= 4 is 59.0 Å². The predicted molar refractivity (Wildman–Crippen MR) is 173 cm³/mol. The molecule has 0 radical (unpaired) electrons. The molecule has 2 heterocycles. The van der Waals surface area contributed by atoms with Gasteiger partial charge in [0.1, 0.15) is 16.1 Å². The van der Waals surface area contributed by atoms with E-state index in [0.29, 0.717) is 0 Å². The molecule has 3 aromatic rings. The first kappa shape index (κ1) is 29.3. The fourth-order valence-corrected chi connectivity index (χ4v) is 7.96. The minimum absolute atomic E-state index is 1.20. The fourth-order valence-electron chi connectivity index (χ4n) is 4.51. The van der Waals surface area contributed by atoms with Crippen molar-refractivity contribution in [1.29, 1.82) is 0 Å². The number of rotatable bonds is 10. The third-order valence-corrected chi connectivity index (χ3v) is 10.3. The maximum absolute atomic E-state index is 3.62. The molecule has 4 heteroatoms. The standard InChI is InChI=1S/C32H46S2Si2/c1-9-11-13-15-17-27-28(18-16-14-12-10-2)32-30(24-26(34-32)20-22-36(6,7)8)29-23-25(33-31(27)29)19-21-35(3,4)5/h23-24H,9-18H2,1-8H3. The van der Waals surface area contributed by atoms with Gasteiger partial charge >= 0.3 is 0 Å². The molecule has 1 aromatic carbocycles. The average Bonchev–Trinajstić information content (AvgIpc) is 3.41. The Hall–Kier alpha value is -1.31. The number of hydrogen-bond acceptors (Lipinski definition) is 2. The molecule has 0 atom stereocenters. The average molecular weight is 551 g/mol. The molecule has 36 heavy (non-hydrogen) atoms. The summed E-state index contributed by atoms with van der Waals surface area (Å²) in [4.78, 5) is 2.49. The maximum Gasteiger partial charge on any atom is 0.129 e. The number of benzene rings is 1. The van der Waals surface area contributed by atoms with Gasteiger partial charge in [-0.1, -0.05) is 103 Å². The second kappa shape index (κ2) is 13.0. The van der Waals surface area contributed by atoms with E-state index in [-0.39, 0.29) is 0 Å². The van der Waals surface area contributed by atoms with Crippen molar-refractivity contribution in [3.05, 3.63) is 33.0 Å². The molecular weight excluding hydrogens is 505 g/mol. The Balaban J connectivity index is 2.22. The number of hydrogen-bond donors (Lipinski definition) is 0. The highest BCUT2D eigenvalue weighted by molar-refractivity contribution is 7.21. The second-order valence-corrected chi connectivity index (χ2v) is 23.9. The van der Waals surface area contributed by atoms with Gasteiger partial charge in [-0.2, -0.15) is 0 Å². The molecule has 0 aliphatic carbocycles. The van der Waals surface area contributed by atoms with Gasteiger partial charge in [0.15, 0.2) is 0 Å². The largest absolute Gasteiger partial charge is 0.129 e. The summed E-state index contributed by atoms with van der Waals surface area (Å²) in [6.07, 6.45) is 12.9. The van der Waals surface area contributed by atoms with Gasteiger partial charge < -0.3 is 0 Å². The number of thiophene rings is 2. The molecule has 3 rings (SSSR count). The Labute approximate surface area is 231 Å². The van der Waals surface area contributed by atoms with Crippen LogP contribution in [0.1, 0.15) is 86.1 Å². The van der Waals surface area contributed by atoms with Crippen LogP contribution in [0, 0.1) is 22.9 Å². The summed E-state index contributed by atoms with van der Waals surface area (Å²) in [5.74, 6) is 7.17. The van der Waals surface area contributed by atoms with E-state index in [1.54, 1.807) is 11.1 Å². The summed E-state index contributed by atoms with van der Waals surface area (Å²) in [5.41, 5.74) is 10.5. The monoisotopic (exact) mass is 550 g/mol. The van der Waals surface area contributed by atoms with E-state index in [4.69, 9.17) is 0 Å². The van der Waals surface area contributed by atoms with Crippen LogP contribution in [0.25, 0.3) is 20.2 Å². The van der Waals surface area contributed by atoms with E-state index < -0.39 is 16.1 Å². The van der Waals surface area contributed by atoms with Crippen molar-refractivity contribution in [1.82, 2.24) is 0 Å². The Kier molecular flexibility index (Phi) is 10.5. The summed E-state index contributed by atoms with van der Waals surface area (Å²) >= 11 is 3.90. The number of aryl methyl sites for hydroxylation is 2. The van der Waals surface area contributed by atoms with Crippen LogP contribution in [0.15, 0.2) is 12.1 Å². The molecule has 0 aliphatic rings. The molecule has 0 nitrogen and oxygen atoms in total. The fraction of sp³-hybridized carbons (Fsp3) is 0.562. The Bertz CT molecular complexity index is 1190. The highest BCUT2D eigenvalue weighted by Gasteiger charge is 2.19. The van der Waals surface area contributed by atoms with Crippen LogP contribution in [0.3, 0.4) is 0 Å². The van der Waals surface area contributed by atoms with Gasteiger partial charge in [0, 0.05) is 20.2 Å². The van der Waals surface area contributed by atoms with Crippen LogP contribution in [0.4, 0.5) is 0 Å². The third kappa shape index (κ3) is 8.36. The molecule has 0 bridgehead atoms. The van der Waals surface area contributed by atoms with E-state index in [1.165, 1.54) is 94.1 Å². The molecule has 0 unspecified atom stereocenters. The van der Waals surface area contributed by atoms with Crippen molar-refractivity contribution in [2.75, 3.05) is 0 Å². The first-order valence-electron chi connectivity index (χ1n) is 14.1. The third-order valence-electron chi connectivity index (χ3n) is 6.35. The second-order valence-electron chi connectivity index (χ2n) is 12.3. The van der Waals surface area contributed by atoms with Crippen LogP contribution in [0.5, 0.6) is 0 Å². The summed E-state index contributed by atoms with van der Waals surface area (Å²) in [7, 11) is -2.83. The van der Waals surface area contributed by atoms with Crippen molar-refractivity contribution in [2.45, 2.75) is 117 Å². The van der Waals surface area contributed by atoms with Gasteiger partial charge in [0.2, 0.25) is 0 Å². The summed E-state index contributed by atoms with van der Waals surface area (Å²) < 4.78 is 3.01. The van der Waals surface area contributed by atoms with Crippen LogP contribution in [-0.2, 0) is 12.8 Å². The van der Waals surface area contributed by atoms with Gasteiger partial charge in [-0.15, -0.1) is 33.8 Å². The van der Waals surface area contributed by atoms with E-state index in [9.17, 15) is 0 Å². The van der Waals surface area contributed by atoms with Gasteiger partial charge in [-0.25, -0.2) is 0 Å². The Morgan fingerprint density at radius 1 is 0.583 bits per heavy atom. The van der Waals surface area contributed by atoms with E-state index in [1.807, 2.05) is 22.7 Å². The summed E-state index contributed by atoms with van der Waals surface area (Å²) in [5, 5.41) is 2.85. The topological polar surface area (TPSA) is 0 Å². The van der Waals surface area contributed by atoms with Gasteiger partial charge in [-0.05, 0) is 48.9 Å². The van der Waals surface area contributed by atoms with Crippen LogP contribution in [0.2, 0.25) is 39.3 Å². The first-order chi connectivity index (χ1) is 17.0. The molecular formula is C32H46S2Si2. The van der Waals surface area contributed by atoms with Gasteiger partial charge in [0.05, 0.1) is 9.75 Å². The zero-order valence-corrected chi connectivity index (χ0v) is 27.7. The van der Waals surface area contributed by atoms with Gasteiger partial charge in [0.25, 0.3) is 0 Å². The van der Waals surface area contributed by atoms with E-state index >= 15 is 0 Å². The van der Waals surface area contributed by atoms with Crippen molar-refractivity contribution in [2.24, 2.45) is 0 Å². The Morgan fingerprint density at radius 2 is 0.972 bits per heavy atom. The molecule has 0 spiro atoms. The van der Waals surface area contributed by atoms with Crippen LogP contribution < -0.4 is 0 Å². The molecule has 0 N–H and O–H groups in total. The maximum atomic E-state index is 3.62. The normalized spacial score (nSPS) is 12.0. The highest BCUT2D eigenvalue weighted by Crippen LogP contribution is 2.43. The zero-order chi connectivity index (χ0) is 26.3. The number of fused-ring (bicyclic) bond motifs is 3. The Morgan fingerprint density at radius 3 is 1.31 bits per heavy atom. The predicted octanol–water partition coefficient (Wildman–Crippen LogP) is 10.8. The SMILES string of the molecule is CCCCCCc1c(CCCCCC)c2sc(C#C[Si](C)(C)C)cc2c2cc(C#C[Si](C)(C)C)sc12. The first-order valence-corrected chi connectivity index (χ1v) is 22.7. The molecule has 0 saturated carbocycles. The molecule has 0 amide bonds. The quantitative estimate of drug-likeness (QED) is 0.134. The minimum atomic E-state index is -1.41. The summed E-state index contributed by atoms with van der Waals surface area (Å²) in [6, 6.07) is 4.79. The van der Waals surface area contributed by atoms with E-state index in [0.717, 1.165) is 0 Å². The van der Waals surface area contributed by atoms with Crippen LogP contribution >= 0.6 is 22.7 Å². The number of unbranched alkanes of at least 4 members (excludes halogenated alkanes) is 6. The van der Waals surface area contributed by atoms with Crippen molar-refractivity contribution in [3.63, 3.8) is 0 Å². The molecule has 0 fully saturated rings. The van der Waals surface area contributed by atoms with Gasteiger partial charge in [-0.3, -0.25) is 0 Å². The lowest BCUT2D eigenvalue weighted by Gasteiger charge is -2.13. The van der Waals surface area contributed by atoms with Crippen molar-refractivity contribution < 1.29 is 0 Å². The van der Waals surface area contributed by atoms with Crippen molar-refractivity contribution in [3.8, 4) is 22.9 Å². The highest BCUT2D eigenvalue weighted by atomic mass is 32.1. The van der Waals surface area contributed by atoms with E-state index in [2.05, 4.69) is 88.2 Å². The molecule has 194 valence electrons. The minimum Gasteiger partial charge on any atom is -0.126 e. The lowest BCUT2D eigenvalue weighted by Crippen LogP contribution is -2.16. The molecule has 2 aromatic heterocycles. The smallest absolute Gasteiger partial charge is 0.126 e. The van der Waals surface area contributed by atoms with Crippen LogP contribution in [-0.4, -0.2) is 16.1 Å². The molecule has 0 saturated heterocycles. The lowest BCUT2D eigenvalue weighted by molar-refractivity contribution is 0.654. The summed E-state index contributed by atoms with van der Waals surface area (Å²) in [6.45, 7) is 18.6. The lowest BCUT2D eigenvalue weighted by atomic mass is 9.93.